The van der Waals surface area contributed by atoms with Gasteiger partial charge in [-0.1, -0.05) is 23.7 Å². The molecule has 2 amide bonds. The summed E-state index contributed by atoms with van der Waals surface area (Å²) in [4.78, 5) is 37.6. The molecule has 0 unspecified atom stereocenters. The van der Waals surface area contributed by atoms with E-state index in [-0.39, 0.29) is 34.9 Å². The lowest BCUT2D eigenvalue weighted by atomic mass is 10.0. The van der Waals surface area contributed by atoms with Crippen LogP contribution in [0, 0.1) is 12.7 Å². The average molecular weight is 376 g/mol. The molecule has 0 fully saturated rings. The lowest BCUT2D eigenvalue weighted by Crippen LogP contribution is -2.30. The number of imide groups is 1. The molecule has 7 heteroatoms. The summed E-state index contributed by atoms with van der Waals surface area (Å²) in [5.74, 6) is -2.56. The summed E-state index contributed by atoms with van der Waals surface area (Å²) in [6.07, 6.45) is -0.0991. The first kappa shape index (κ1) is 18.1. The maximum atomic E-state index is 14.6. The number of aryl methyl sites for hydroxylation is 1. The highest BCUT2D eigenvalue weighted by Crippen LogP contribution is 2.35. The van der Waals surface area contributed by atoms with Crippen LogP contribution in [0.5, 0.6) is 0 Å². The normalized spacial score (nSPS) is 13.2. The van der Waals surface area contributed by atoms with Gasteiger partial charge in [0.15, 0.2) is 0 Å². The van der Waals surface area contributed by atoms with Crippen LogP contribution in [-0.2, 0) is 16.0 Å². The molecule has 0 saturated carbocycles. The van der Waals surface area contributed by atoms with Crippen molar-refractivity contribution in [1.82, 2.24) is 0 Å². The lowest BCUT2D eigenvalue weighted by molar-refractivity contribution is -0.142. The second kappa shape index (κ2) is 6.88. The second-order valence-electron chi connectivity index (χ2n) is 5.83. The molecule has 0 spiro atoms. The molecule has 0 N–H and O–H groups in total. The van der Waals surface area contributed by atoms with Gasteiger partial charge >= 0.3 is 5.97 Å². The lowest BCUT2D eigenvalue weighted by Gasteiger charge is -2.15. The number of fused-ring (bicyclic) bond motifs is 1. The van der Waals surface area contributed by atoms with Gasteiger partial charge in [-0.2, -0.15) is 0 Å². The third-order valence-electron chi connectivity index (χ3n) is 4.10. The molecular formula is C19H15ClFNO4. The van der Waals surface area contributed by atoms with Gasteiger partial charge in [0.05, 0.1) is 34.9 Å². The Morgan fingerprint density at radius 2 is 1.85 bits per heavy atom. The number of carbonyl (C=O) groups excluding carboxylic acids is 3. The van der Waals surface area contributed by atoms with Gasteiger partial charge in [-0.15, -0.1) is 0 Å². The van der Waals surface area contributed by atoms with E-state index in [2.05, 4.69) is 0 Å². The number of benzene rings is 2. The zero-order valence-electron chi connectivity index (χ0n) is 14.1. The number of hydrogen-bond donors (Lipinski definition) is 0. The van der Waals surface area contributed by atoms with Crippen LogP contribution >= 0.6 is 11.6 Å². The first-order valence-electron chi connectivity index (χ1n) is 7.97. The third kappa shape index (κ3) is 2.97. The molecule has 0 bridgehead atoms. The van der Waals surface area contributed by atoms with Gasteiger partial charge in [-0.05, 0) is 43.2 Å². The third-order valence-corrected chi connectivity index (χ3v) is 4.42. The predicted molar refractivity (Wildman–Crippen MR) is 94.1 cm³/mol. The molecule has 2 aromatic carbocycles. The van der Waals surface area contributed by atoms with Gasteiger partial charge in [-0.3, -0.25) is 14.4 Å². The van der Waals surface area contributed by atoms with Crippen LogP contribution in [0.3, 0.4) is 0 Å². The van der Waals surface area contributed by atoms with Crippen molar-refractivity contribution in [1.29, 1.82) is 0 Å². The molecule has 1 aliphatic rings. The number of amides is 2. The topological polar surface area (TPSA) is 63.7 Å². The second-order valence-corrected chi connectivity index (χ2v) is 6.23. The Morgan fingerprint density at radius 3 is 2.46 bits per heavy atom. The summed E-state index contributed by atoms with van der Waals surface area (Å²) >= 11 is 6.06. The summed E-state index contributed by atoms with van der Waals surface area (Å²) < 4.78 is 19.4. The van der Waals surface area contributed by atoms with E-state index in [9.17, 15) is 18.8 Å². The van der Waals surface area contributed by atoms with Crippen molar-refractivity contribution in [3.63, 3.8) is 0 Å². The first-order chi connectivity index (χ1) is 12.3. The number of anilines is 1. The number of ether oxygens (including phenoxy) is 1. The molecule has 0 aliphatic carbocycles. The SMILES string of the molecule is CCOC(=O)Cc1ccc(N2C(=O)c3c(C)ccc(Cl)c3C2=O)c(F)c1. The van der Waals surface area contributed by atoms with Crippen molar-refractivity contribution >= 4 is 35.1 Å². The Labute approximate surface area is 154 Å². The van der Waals surface area contributed by atoms with E-state index >= 15 is 0 Å². The summed E-state index contributed by atoms with van der Waals surface area (Å²) in [5.41, 5.74) is 1.04. The van der Waals surface area contributed by atoms with Crippen LogP contribution in [0.4, 0.5) is 10.1 Å². The fourth-order valence-corrected chi connectivity index (χ4v) is 3.16. The molecule has 1 heterocycles. The van der Waals surface area contributed by atoms with Crippen molar-refractivity contribution < 1.29 is 23.5 Å². The van der Waals surface area contributed by atoms with Crippen LogP contribution in [0.15, 0.2) is 30.3 Å². The minimum Gasteiger partial charge on any atom is -0.466 e. The fourth-order valence-electron chi connectivity index (χ4n) is 2.92. The maximum absolute atomic E-state index is 14.6. The summed E-state index contributed by atoms with van der Waals surface area (Å²) in [6.45, 7) is 3.59. The Balaban J connectivity index is 1.97. The van der Waals surface area contributed by atoms with Crippen LogP contribution in [0.1, 0.15) is 38.8 Å². The number of halogens is 2. The van der Waals surface area contributed by atoms with Crippen molar-refractivity contribution in [2.75, 3.05) is 11.5 Å². The number of rotatable bonds is 4. The zero-order chi connectivity index (χ0) is 19.0. The smallest absolute Gasteiger partial charge is 0.310 e. The van der Waals surface area contributed by atoms with Gasteiger partial charge < -0.3 is 4.74 Å². The zero-order valence-corrected chi connectivity index (χ0v) is 14.9. The molecule has 2 aromatic rings. The quantitative estimate of drug-likeness (QED) is 0.604. The molecule has 0 aromatic heterocycles. The molecule has 134 valence electrons. The minimum absolute atomic E-state index is 0.0756. The number of nitrogens with zero attached hydrogens (tertiary/aromatic N) is 1. The Hall–Kier alpha value is -2.73. The van der Waals surface area contributed by atoms with Gasteiger partial charge in [0.2, 0.25) is 0 Å². The summed E-state index contributed by atoms with van der Waals surface area (Å²) in [5, 5.41) is 0.144. The molecule has 1 aliphatic heterocycles. The van der Waals surface area contributed by atoms with E-state index in [0.717, 1.165) is 11.0 Å². The number of hydrogen-bond acceptors (Lipinski definition) is 4. The van der Waals surface area contributed by atoms with Crippen molar-refractivity contribution in [3.8, 4) is 0 Å². The molecule has 0 radical (unpaired) electrons. The Bertz CT molecular complexity index is 900. The maximum Gasteiger partial charge on any atom is 0.310 e. The predicted octanol–water partition coefficient (Wildman–Crippen LogP) is 3.69. The van der Waals surface area contributed by atoms with E-state index in [1.165, 1.54) is 18.2 Å². The van der Waals surface area contributed by atoms with E-state index in [0.29, 0.717) is 11.1 Å². The van der Waals surface area contributed by atoms with Crippen molar-refractivity contribution in [2.45, 2.75) is 20.3 Å². The average Bonchev–Trinajstić information content (AvgIpc) is 2.84. The highest BCUT2D eigenvalue weighted by atomic mass is 35.5. The molecule has 0 saturated heterocycles. The van der Waals surface area contributed by atoms with Crippen LogP contribution in [-0.4, -0.2) is 24.4 Å². The monoisotopic (exact) mass is 375 g/mol. The van der Waals surface area contributed by atoms with Crippen molar-refractivity contribution in [3.05, 3.63) is 63.4 Å². The van der Waals surface area contributed by atoms with E-state index in [1.54, 1.807) is 19.9 Å². The molecule has 26 heavy (non-hydrogen) atoms. The summed E-state index contributed by atoms with van der Waals surface area (Å²) in [6, 6.07) is 7.06. The minimum atomic E-state index is -0.782. The highest BCUT2D eigenvalue weighted by Gasteiger charge is 2.40. The van der Waals surface area contributed by atoms with Crippen LogP contribution in [0.25, 0.3) is 0 Å². The Morgan fingerprint density at radius 1 is 1.15 bits per heavy atom. The van der Waals surface area contributed by atoms with Gasteiger partial charge in [-0.25, -0.2) is 9.29 Å². The molecule has 0 atom stereocenters. The van der Waals surface area contributed by atoms with E-state index in [4.69, 9.17) is 16.3 Å². The number of carbonyl (C=O) groups is 3. The molecule has 5 nitrogen and oxygen atoms in total. The van der Waals surface area contributed by atoms with Gasteiger partial charge in [0.25, 0.3) is 11.8 Å². The van der Waals surface area contributed by atoms with Crippen LogP contribution < -0.4 is 4.90 Å². The van der Waals surface area contributed by atoms with Gasteiger partial charge in [0, 0.05) is 0 Å². The van der Waals surface area contributed by atoms with Gasteiger partial charge in [0.1, 0.15) is 5.82 Å². The first-order valence-corrected chi connectivity index (χ1v) is 8.34. The van der Waals surface area contributed by atoms with E-state index in [1.807, 2.05) is 0 Å². The molecular weight excluding hydrogens is 361 g/mol. The number of esters is 1. The highest BCUT2D eigenvalue weighted by molar-refractivity contribution is 6.42. The van der Waals surface area contributed by atoms with Crippen LogP contribution in [0.2, 0.25) is 5.02 Å². The summed E-state index contributed by atoms with van der Waals surface area (Å²) in [7, 11) is 0. The van der Waals surface area contributed by atoms with Crippen molar-refractivity contribution in [2.24, 2.45) is 0 Å². The Kier molecular flexibility index (Phi) is 4.78. The largest absolute Gasteiger partial charge is 0.466 e. The fraction of sp³-hybridized carbons (Fsp3) is 0.211. The standard InChI is InChI=1S/C19H15ClFNO4/c1-3-26-15(23)9-11-5-7-14(13(21)8-11)22-18(24)16-10(2)4-6-12(20)17(16)19(22)25/h4-8H,3,9H2,1-2H3. The van der Waals surface area contributed by atoms with E-state index < -0.39 is 23.6 Å². The molecule has 3 rings (SSSR count).